The van der Waals surface area contributed by atoms with Crippen molar-refractivity contribution in [2.45, 2.75) is 6.10 Å². The third-order valence-electron chi connectivity index (χ3n) is 2.36. The van der Waals surface area contributed by atoms with Gasteiger partial charge in [0.2, 0.25) is 0 Å². The standard InChI is InChI=1S/C12H16N4O2/c13-7-9-1-3-10(4-2-9)11(17)8-15-5-6-16-12(14)18/h1-4,11,15,17H,5-6,8H2,(H3,14,16,18). The fourth-order valence-corrected chi connectivity index (χ4v) is 1.41. The Morgan fingerprint density at radius 1 is 1.39 bits per heavy atom. The number of hydrogen-bond acceptors (Lipinski definition) is 4. The maximum Gasteiger partial charge on any atom is 0.312 e. The van der Waals surface area contributed by atoms with E-state index in [2.05, 4.69) is 10.6 Å². The predicted octanol–water partition coefficient (Wildman–Crippen LogP) is -0.150. The summed E-state index contributed by atoms with van der Waals surface area (Å²) < 4.78 is 0. The van der Waals surface area contributed by atoms with Crippen LogP contribution >= 0.6 is 0 Å². The van der Waals surface area contributed by atoms with Gasteiger partial charge in [-0.2, -0.15) is 5.26 Å². The van der Waals surface area contributed by atoms with Crippen LogP contribution in [0.3, 0.4) is 0 Å². The van der Waals surface area contributed by atoms with Crippen molar-refractivity contribution in [3.8, 4) is 6.07 Å². The lowest BCUT2D eigenvalue weighted by Gasteiger charge is -2.12. The number of rotatable bonds is 6. The Hall–Kier alpha value is -2.10. The lowest BCUT2D eigenvalue weighted by Crippen LogP contribution is -2.36. The van der Waals surface area contributed by atoms with Crippen molar-refractivity contribution in [2.24, 2.45) is 5.73 Å². The molecule has 96 valence electrons. The summed E-state index contributed by atoms with van der Waals surface area (Å²) in [7, 11) is 0. The zero-order valence-electron chi connectivity index (χ0n) is 9.89. The molecular formula is C12H16N4O2. The molecule has 0 radical (unpaired) electrons. The van der Waals surface area contributed by atoms with Crippen molar-refractivity contribution in [2.75, 3.05) is 19.6 Å². The van der Waals surface area contributed by atoms with Crippen molar-refractivity contribution in [3.05, 3.63) is 35.4 Å². The normalized spacial score (nSPS) is 11.6. The van der Waals surface area contributed by atoms with E-state index in [0.29, 0.717) is 25.2 Å². The molecule has 0 spiro atoms. The van der Waals surface area contributed by atoms with Crippen molar-refractivity contribution in [1.82, 2.24) is 10.6 Å². The molecule has 6 nitrogen and oxygen atoms in total. The largest absolute Gasteiger partial charge is 0.387 e. The summed E-state index contributed by atoms with van der Waals surface area (Å²) in [6, 6.07) is 8.20. The number of primary amides is 1. The Morgan fingerprint density at radius 3 is 2.61 bits per heavy atom. The van der Waals surface area contributed by atoms with Crippen LogP contribution in [0, 0.1) is 11.3 Å². The van der Waals surface area contributed by atoms with E-state index >= 15 is 0 Å². The van der Waals surface area contributed by atoms with Gasteiger partial charge in [0.15, 0.2) is 0 Å². The average Bonchev–Trinajstić information content (AvgIpc) is 2.38. The molecule has 0 bridgehead atoms. The van der Waals surface area contributed by atoms with Crippen molar-refractivity contribution >= 4 is 6.03 Å². The Morgan fingerprint density at radius 2 is 2.06 bits per heavy atom. The number of aliphatic hydroxyl groups excluding tert-OH is 1. The second kappa shape index (κ2) is 7.27. The van der Waals surface area contributed by atoms with Crippen LogP contribution in [-0.2, 0) is 0 Å². The van der Waals surface area contributed by atoms with Gasteiger partial charge in [0.05, 0.1) is 17.7 Å². The molecule has 0 aliphatic carbocycles. The molecule has 0 saturated heterocycles. The highest BCUT2D eigenvalue weighted by Gasteiger charge is 2.06. The number of hydrogen-bond donors (Lipinski definition) is 4. The third-order valence-corrected chi connectivity index (χ3v) is 2.36. The molecule has 1 aromatic carbocycles. The van der Waals surface area contributed by atoms with E-state index in [9.17, 15) is 9.90 Å². The number of urea groups is 1. The van der Waals surface area contributed by atoms with Crippen molar-refractivity contribution in [3.63, 3.8) is 0 Å². The van der Waals surface area contributed by atoms with Gasteiger partial charge in [-0.05, 0) is 17.7 Å². The van der Waals surface area contributed by atoms with E-state index in [1.54, 1.807) is 24.3 Å². The number of carbonyl (C=O) groups excluding carboxylic acids is 1. The van der Waals surface area contributed by atoms with E-state index in [1.165, 1.54) is 0 Å². The van der Waals surface area contributed by atoms with Crippen LogP contribution in [0.5, 0.6) is 0 Å². The predicted molar refractivity (Wildman–Crippen MR) is 66.6 cm³/mol. The van der Waals surface area contributed by atoms with Crippen LogP contribution < -0.4 is 16.4 Å². The molecule has 0 heterocycles. The van der Waals surface area contributed by atoms with E-state index in [1.807, 2.05) is 6.07 Å². The number of nitrogens with one attached hydrogen (secondary N) is 2. The van der Waals surface area contributed by atoms with Crippen LogP contribution in [0.15, 0.2) is 24.3 Å². The number of amides is 2. The highest BCUT2D eigenvalue weighted by atomic mass is 16.3. The molecule has 0 fully saturated rings. The second-order valence-corrected chi connectivity index (χ2v) is 3.74. The lowest BCUT2D eigenvalue weighted by atomic mass is 10.1. The Bertz CT molecular complexity index is 425. The zero-order valence-corrected chi connectivity index (χ0v) is 9.89. The molecule has 0 aliphatic heterocycles. The first-order valence-corrected chi connectivity index (χ1v) is 5.55. The van der Waals surface area contributed by atoms with Gasteiger partial charge >= 0.3 is 6.03 Å². The van der Waals surface area contributed by atoms with Gasteiger partial charge in [0.25, 0.3) is 0 Å². The van der Waals surface area contributed by atoms with Gasteiger partial charge in [0, 0.05) is 19.6 Å². The van der Waals surface area contributed by atoms with Gasteiger partial charge in [0.1, 0.15) is 0 Å². The minimum atomic E-state index is -0.647. The summed E-state index contributed by atoms with van der Waals surface area (Å²) in [5.41, 5.74) is 6.20. The summed E-state index contributed by atoms with van der Waals surface area (Å²) in [6.45, 7) is 1.30. The van der Waals surface area contributed by atoms with Crippen LogP contribution in [0.2, 0.25) is 0 Å². The van der Waals surface area contributed by atoms with Gasteiger partial charge < -0.3 is 21.5 Å². The molecule has 2 amide bonds. The molecule has 0 saturated carbocycles. The summed E-state index contributed by atoms with van der Waals surface area (Å²) in [5.74, 6) is 0. The summed E-state index contributed by atoms with van der Waals surface area (Å²) in [6.07, 6.45) is -0.647. The number of aliphatic hydroxyl groups is 1. The number of nitriles is 1. The molecule has 1 aromatic rings. The lowest BCUT2D eigenvalue weighted by molar-refractivity contribution is 0.175. The number of nitrogens with zero attached hydrogens (tertiary/aromatic N) is 1. The van der Waals surface area contributed by atoms with E-state index < -0.39 is 12.1 Å². The fraction of sp³-hybridized carbons (Fsp3) is 0.333. The van der Waals surface area contributed by atoms with E-state index in [0.717, 1.165) is 5.56 Å². The fourth-order valence-electron chi connectivity index (χ4n) is 1.41. The van der Waals surface area contributed by atoms with Crippen LogP contribution in [-0.4, -0.2) is 30.8 Å². The minimum Gasteiger partial charge on any atom is -0.387 e. The number of benzene rings is 1. The van der Waals surface area contributed by atoms with Crippen LogP contribution in [0.25, 0.3) is 0 Å². The van der Waals surface area contributed by atoms with Gasteiger partial charge in [-0.25, -0.2) is 4.79 Å². The molecule has 18 heavy (non-hydrogen) atoms. The Kier molecular flexibility index (Phi) is 5.64. The molecule has 1 unspecified atom stereocenters. The topological polar surface area (TPSA) is 111 Å². The molecule has 0 aliphatic rings. The SMILES string of the molecule is N#Cc1ccc(C(O)CNCCNC(N)=O)cc1. The van der Waals surface area contributed by atoms with Gasteiger partial charge in [-0.1, -0.05) is 12.1 Å². The molecular weight excluding hydrogens is 232 g/mol. The van der Waals surface area contributed by atoms with Crippen LogP contribution in [0.4, 0.5) is 4.79 Å². The smallest absolute Gasteiger partial charge is 0.312 e. The van der Waals surface area contributed by atoms with Gasteiger partial charge in [-0.3, -0.25) is 0 Å². The first-order chi connectivity index (χ1) is 8.63. The number of carbonyl (C=O) groups is 1. The second-order valence-electron chi connectivity index (χ2n) is 3.74. The monoisotopic (exact) mass is 248 g/mol. The maximum absolute atomic E-state index is 10.4. The molecule has 1 rings (SSSR count). The quantitative estimate of drug-likeness (QED) is 0.524. The first-order valence-electron chi connectivity index (χ1n) is 5.55. The molecule has 6 heteroatoms. The highest BCUT2D eigenvalue weighted by molar-refractivity contribution is 5.71. The summed E-state index contributed by atoms with van der Waals surface area (Å²) in [5, 5.41) is 23.9. The highest BCUT2D eigenvalue weighted by Crippen LogP contribution is 2.12. The molecule has 5 N–H and O–H groups in total. The third kappa shape index (κ3) is 4.82. The van der Waals surface area contributed by atoms with Gasteiger partial charge in [-0.15, -0.1) is 0 Å². The molecule has 0 aromatic heterocycles. The van der Waals surface area contributed by atoms with Crippen molar-refractivity contribution in [1.29, 1.82) is 5.26 Å². The average molecular weight is 248 g/mol. The number of nitrogens with two attached hydrogens (primary N) is 1. The Labute approximate surface area is 105 Å². The summed E-state index contributed by atoms with van der Waals surface area (Å²) >= 11 is 0. The van der Waals surface area contributed by atoms with E-state index in [-0.39, 0.29) is 0 Å². The van der Waals surface area contributed by atoms with Crippen molar-refractivity contribution < 1.29 is 9.90 Å². The Balaban J connectivity index is 2.29. The maximum atomic E-state index is 10.4. The first kappa shape index (κ1) is 14.0. The summed E-state index contributed by atoms with van der Waals surface area (Å²) in [4.78, 5) is 10.4. The van der Waals surface area contributed by atoms with E-state index in [4.69, 9.17) is 11.0 Å². The molecule has 1 atom stereocenters. The minimum absolute atomic E-state index is 0.367. The zero-order chi connectivity index (χ0) is 13.4. The van der Waals surface area contributed by atoms with Crippen LogP contribution in [0.1, 0.15) is 17.2 Å².